The standard InChI is InChI=1S/C15H26O2/c1-5-11(4)8-13-9-12(10(2)3)6-7-14(13)15(16)17/h10,12-14H,4-9H2,1-3H3,(H,16,17). The lowest BCUT2D eigenvalue weighted by molar-refractivity contribution is -0.145. The van der Waals surface area contributed by atoms with Gasteiger partial charge >= 0.3 is 5.97 Å². The zero-order chi connectivity index (χ0) is 13.0. The molecule has 0 spiro atoms. The molecule has 0 radical (unpaired) electrons. The number of aliphatic carboxylic acids is 1. The van der Waals surface area contributed by atoms with E-state index in [0.717, 1.165) is 32.1 Å². The second-order valence-electron chi connectivity index (χ2n) is 5.83. The topological polar surface area (TPSA) is 37.3 Å². The summed E-state index contributed by atoms with van der Waals surface area (Å²) in [6.07, 6.45) is 4.85. The summed E-state index contributed by atoms with van der Waals surface area (Å²) in [5.41, 5.74) is 1.20. The number of allylic oxidation sites excluding steroid dienone is 1. The highest BCUT2D eigenvalue weighted by Gasteiger charge is 2.35. The van der Waals surface area contributed by atoms with E-state index in [9.17, 15) is 9.90 Å². The Kier molecular flexibility index (Phi) is 5.23. The number of carboxylic acids is 1. The molecular weight excluding hydrogens is 212 g/mol. The van der Waals surface area contributed by atoms with Crippen LogP contribution in [0.25, 0.3) is 0 Å². The molecule has 0 heterocycles. The van der Waals surface area contributed by atoms with Crippen molar-refractivity contribution < 1.29 is 9.90 Å². The van der Waals surface area contributed by atoms with Gasteiger partial charge in [-0.1, -0.05) is 32.9 Å². The molecule has 0 aromatic carbocycles. The summed E-state index contributed by atoms with van der Waals surface area (Å²) < 4.78 is 0. The zero-order valence-corrected chi connectivity index (χ0v) is 11.4. The highest BCUT2D eigenvalue weighted by atomic mass is 16.4. The first-order valence-electron chi connectivity index (χ1n) is 6.85. The molecule has 0 amide bonds. The molecule has 3 atom stereocenters. The third-order valence-corrected chi connectivity index (χ3v) is 4.33. The minimum Gasteiger partial charge on any atom is -0.481 e. The summed E-state index contributed by atoms with van der Waals surface area (Å²) in [5.74, 6) is 0.915. The van der Waals surface area contributed by atoms with Crippen LogP contribution in [-0.2, 0) is 4.79 Å². The van der Waals surface area contributed by atoms with E-state index in [-0.39, 0.29) is 5.92 Å². The molecule has 0 aliphatic heterocycles. The van der Waals surface area contributed by atoms with Crippen LogP contribution in [0.1, 0.15) is 52.9 Å². The lowest BCUT2D eigenvalue weighted by Crippen LogP contribution is -2.32. The molecule has 17 heavy (non-hydrogen) atoms. The molecule has 1 saturated carbocycles. The van der Waals surface area contributed by atoms with Crippen molar-refractivity contribution in [2.24, 2.45) is 23.7 Å². The van der Waals surface area contributed by atoms with Gasteiger partial charge in [-0.15, -0.1) is 0 Å². The van der Waals surface area contributed by atoms with Crippen LogP contribution in [0.3, 0.4) is 0 Å². The number of carbonyl (C=O) groups is 1. The van der Waals surface area contributed by atoms with E-state index in [4.69, 9.17) is 0 Å². The normalized spacial score (nSPS) is 29.3. The van der Waals surface area contributed by atoms with Crippen molar-refractivity contribution in [2.75, 3.05) is 0 Å². The maximum absolute atomic E-state index is 11.3. The summed E-state index contributed by atoms with van der Waals surface area (Å²) >= 11 is 0. The summed E-state index contributed by atoms with van der Waals surface area (Å²) in [7, 11) is 0. The highest BCUT2D eigenvalue weighted by Crippen LogP contribution is 2.40. The number of hydrogen-bond acceptors (Lipinski definition) is 1. The Hall–Kier alpha value is -0.790. The molecular formula is C15H26O2. The van der Waals surface area contributed by atoms with Crippen molar-refractivity contribution >= 4 is 5.97 Å². The van der Waals surface area contributed by atoms with Gasteiger partial charge in [-0.3, -0.25) is 4.79 Å². The quantitative estimate of drug-likeness (QED) is 0.732. The summed E-state index contributed by atoms with van der Waals surface area (Å²) in [5, 5.41) is 9.29. The Morgan fingerprint density at radius 3 is 2.53 bits per heavy atom. The summed E-state index contributed by atoms with van der Waals surface area (Å²) in [6, 6.07) is 0. The molecule has 1 aliphatic rings. The van der Waals surface area contributed by atoms with Crippen molar-refractivity contribution in [2.45, 2.75) is 52.9 Å². The predicted octanol–water partition coefficient (Wildman–Crippen LogP) is 4.12. The Morgan fingerprint density at radius 1 is 1.41 bits per heavy atom. The van der Waals surface area contributed by atoms with Gasteiger partial charge in [-0.05, 0) is 49.9 Å². The minimum atomic E-state index is -0.610. The fourth-order valence-corrected chi connectivity index (χ4v) is 2.97. The van der Waals surface area contributed by atoms with Crippen LogP contribution in [-0.4, -0.2) is 11.1 Å². The van der Waals surface area contributed by atoms with E-state index in [2.05, 4.69) is 27.4 Å². The Morgan fingerprint density at radius 2 is 2.06 bits per heavy atom. The summed E-state index contributed by atoms with van der Waals surface area (Å²) in [6.45, 7) is 10.6. The molecule has 0 aromatic heterocycles. The van der Waals surface area contributed by atoms with Crippen LogP contribution < -0.4 is 0 Å². The number of hydrogen-bond donors (Lipinski definition) is 1. The molecule has 2 heteroatoms. The van der Waals surface area contributed by atoms with Crippen LogP contribution in [0.15, 0.2) is 12.2 Å². The molecule has 0 bridgehead atoms. The Balaban J connectivity index is 2.69. The van der Waals surface area contributed by atoms with Crippen molar-refractivity contribution in [3.05, 3.63) is 12.2 Å². The van der Waals surface area contributed by atoms with Gasteiger partial charge in [0.15, 0.2) is 0 Å². The summed E-state index contributed by atoms with van der Waals surface area (Å²) in [4.78, 5) is 11.3. The van der Waals surface area contributed by atoms with Gasteiger partial charge in [0.05, 0.1) is 5.92 Å². The van der Waals surface area contributed by atoms with E-state index >= 15 is 0 Å². The number of rotatable bonds is 5. The van der Waals surface area contributed by atoms with Crippen molar-refractivity contribution in [3.8, 4) is 0 Å². The molecule has 0 aromatic rings. The van der Waals surface area contributed by atoms with E-state index in [1.165, 1.54) is 5.57 Å². The van der Waals surface area contributed by atoms with Gasteiger partial charge in [0.25, 0.3) is 0 Å². The highest BCUT2D eigenvalue weighted by molar-refractivity contribution is 5.70. The average Bonchev–Trinajstić information content (AvgIpc) is 2.28. The average molecular weight is 238 g/mol. The van der Waals surface area contributed by atoms with Gasteiger partial charge in [-0.25, -0.2) is 0 Å². The van der Waals surface area contributed by atoms with Crippen LogP contribution in [0.5, 0.6) is 0 Å². The van der Waals surface area contributed by atoms with Gasteiger partial charge in [0.2, 0.25) is 0 Å². The van der Waals surface area contributed by atoms with Crippen molar-refractivity contribution in [3.63, 3.8) is 0 Å². The van der Waals surface area contributed by atoms with E-state index in [0.29, 0.717) is 17.8 Å². The lowest BCUT2D eigenvalue weighted by Gasteiger charge is -2.36. The molecule has 2 nitrogen and oxygen atoms in total. The fourth-order valence-electron chi connectivity index (χ4n) is 2.97. The molecule has 3 unspecified atom stereocenters. The smallest absolute Gasteiger partial charge is 0.306 e. The van der Waals surface area contributed by atoms with Crippen molar-refractivity contribution in [1.29, 1.82) is 0 Å². The lowest BCUT2D eigenvalue weighted by atomic mass is 9.68. The maximum Gasteiger partial charge on any atom is 0.306 e. The van der Waals surface area contributed by atoms with Gasteiger partial charge in [0, 0.05) is 0 Å². The first kappa shape index (κ1) is 14.3. The maximum atomic E-state index is 11.3. The first-order chi connectivity index (χ1) is 7.95. The second-order valence-corrected chi connectivity index (χ2v) is 5.83. The van der Waals surface area contributed by atoms with E-state index in [1.807, 2.05) is 0 Å². The zero-order valence-electron chi connectivity index (χ0n) is 11.4. The monoisotopic (exact) mass is 238 g/mol. The molecule has 0 saturated heterocycles. The third kappa shape index (κ3) is 3.86. The van der Waals surface area contributed by atoms with Crippen LogP contribution in [0, 0.1) is 23.7 Å². The SMILES string of the molecule is C=C(CC)CC1CC(C(C)C)CCC1C(=O)O. The van der Waals surface area contributed by atoms with Crippen LogP contribution in [0.2, 0.25) is 0 Å². The van der Waals surface area contributed by atoms with E-state index < -0.39 is 5.97 Å². The molecule has 1 fully saturated rings. The van der Waals surface area contributed by atoms with Gasteiger partial charge in [-0.2, -0.15) is 0 Å². The fraction of sp³-hybridized carbons (Fsp3) is 0.800. The van der Waals surface area contributed by atoms with Gasteiger partial charge in [0.1, 0.15) is 0 Å². The van der Waals surface area contributed by atoms with Crippen LogP contribution >= 0.6 is 0 Å². The Bertz CT molecular complexity index is 281. The van der Waals surface area contributed by atoms with Crippen molar-refractivity contribution in [1.82, 2.24) is 0 Å². The molecule has 1 rings (SSSR count). The first-order valence-corrected chi connectivity index (χ1v) is 6.85. The Labute approximate surface area is 105 Å². The van der Waals surface area contributed by atoms with E-state index in [1.54, 1.807) is 0 Å². The predicted molar refractivity (Wildman–Crippen MR) is 70.8 cm³/mol. The van der Waals surface area contributed by atoms with Gasteiger partial charge < -0.3 is 5.11 Å². The third-order valence-electron chi connectivity index (χ3n) is 4.33. The molecule has 1 aliphatic carbocycles. The second kappa shape index (κ2) is 6.23. The molecule has 98 valence electrons. The molecule has 1 N–H and O–H groups in total. The largest absolute Gasteiger partial charge is 0.481 e. The minimum absolute atomic E-state index is 0.145. The number of carboxylic acid groups (broad SMARTS) is 1. The van der Waals surface area contributed by atoms with Crippen LogP contribution in [0.4, 0.5) is 0 Å².